The van der Waals surface area contributed by atoms with E-state index in [1.807, 2.05) is 26.1 Å². The van der Waals surface area contributed by atoms with Gasteiger partial charge in [-0.2, -0.15) is 0 Å². The van der Waals surface area contributed by atoms with Crippen molar-refractivity contribution in [1.82, 2.24) is 5.32 Å². The van der Waals surface area contributed by atoms with Gasteiger partial charge in [-0.3, -0.25) is 4.79 Å². The van der Waals surface area contributed by atoms with Crippen LogP contribution >= 0.6 is 0 Å². The minimum absolute atomic E-state index is 0.0757. The number of carbonyl (C=O) groups excluding carboxylic acids is 1. The normalized spacial score (nSPS) is 14.5. The molecule has 0 bridgehead atoms. The second kappa shape index (κ2) is 5.86. The number of hydrogen-bond donors (Lipinski definition) is 1. The highest BCUT2D eigenvalue weighted by Gasteiger charge is 1.85. The molecule has 0 fully saturated rings. The Balaban J connectivity index is 3.67. The van der Waals surface area contributed by atoms with Gasteiger partial charge >= 0.3 is 0 Å². The van der Waals surface area contributed by atoms with E-state index in [0.717, 1.165) is 0 Å². The predicted octanol–water partition coefficient (Wildman–Crippen LogP) is 1.30. The molecule has 0 aromatic carbocycles. The minimum atomic E-state index is 0.0757. The van der Waals surface area contributed by atoms with Crippen molar-refractivity contribution >= 4 is 5.78 Å². The quantitative estimate of drug-likeness (QED) is 0.487. The molecule has 0 aromatic rings. The maximum atomic E-state index is 10.4. The minimum Gasteiger partial charge on any atom is -0.314 e. The van der Waals surface area contributed by atoms with Crippen LogP contribution in [0.3, 0.4) is 0 Å². The number of rotatable bonds is 4. The Morgan fingerprint density at radius 3 is 2.55 bits per heavy atom. The molecule has 0 aromatic heterocycles. The number of likely N-dealkylation sites (N-methyl/N-ethyl adjacent to an activating group) is 1. The summed E-state index contributed by atoms with van der Waals surface area (Å²) >= 11 is 0. The summed E-state index contributed by atoms with van der Waals surface area (Å²) in [6.45, 7) is 3.57. The molecule has 0 spiro atoms. The Hall–Kier alpha value is -0.890. The molecular formula is C9H15NO. The zero-order chi connectivity index (χ0) is 8.69. The van der Waals surface area contributed by atoms with Gasteiger partial charge in [-0.15, -0.1) is 0 Å². The van der Waals surface area contributed by atoms with E-state index in [1.54, 1.807) is 12.2 Å². The standard InChI is InChI=1S/C9H15NO/c1-8(10-3)6-4-5-7-9(2)11/h4-8,10H,1-3H3/b6-4+,7-5+. The van der Waals surface area contributed by atoms with Crippen molar-refractivity contribution in [2.75, 3.05) is 7.05 Å². The summed E-state index contributed by atoms with van der Waals surface area (Å²) < 4.78 is 0. The van der Waals surface area contributed by atoms with Crippen LogP contribution in [-0.2, 0) is 4.79 Å². The van der Waals surface area contributed by atoms with Crippen molar-refractivity contribution < 1.29 is 4.79 Å². The van der Waals surface area contributed by atoms with Crippen molar-refractivity contribution in [2.45, 2.75) is 19.9 Å². The van der Waals surface area contributed by atoms with Crippen LogP contribution in [0.4, 0.5) is 0 Å². The molecule has 2 nitrogen and oxygen atoms in total. The van der Waals surface area contributed by atoms with Crippen LogP contribution in [0.15, 0.2) is 24.3 Å². The summed E-state index contributed by atoms with van der Waals surface area (Å²) in [4.78, 5) is 10.4. The lowest BCUT2D eigenvalue weighted by atomic mass is 10.3. The number of nitrogens with one attached hydrogen (secondary N) is 1. The van der Waals surface area contributed by atoms with E-state index in [-0.39, 0.29) is 5.78 Å². The third-order valence-electron chi connectivity index (χ3n) is 1.30. The van der Waals surface area contributed by atoms with Crippen LogP contribution in [0.5, 0.6) is 0 Å². The van der Waals surface area contributed by atoms with Crippen molar-refractivity contribution in [1.29, 1.82) is 0 Å². The van der Waals surface area contributed by atoms with E-state index in [9.17, 15) is 4.79 Å². The first-order valence-corrected chi connectivity index (χ1v) is 3.69. The predicted molar refractivity (Wildman–Crippen MR) is 47.5 cm³/mol. The first-order chi connectivity index (χ1) is 5.16. The first-order valence-electron chi connectivity index (χ1n) is 3.69. The monoisotopic (exact) mass is 153 g/mol. The van der Waals surface area contributed by atoms with Gasteiger partial charge in [-0.05, 0) is 27.0 Å². The maximum Gasteiger partial charge on any atom is 0.152 e. The Kier molecular flexibility index (Phi) is 5.39. The van der Waals surface area contributed by atoms with Crippen molar-refractivity contribution in [3.8, 4) is 0 Å². The molecule has 1 unspecified atom stereocenters. The third kappa shape index (κ3) is 7.00. The zero-order valence-corrected chi connectivity index (χ0v) is 7.29. The fourth-order valence-electron chi connectivity index (χ4n) is 0.518. The fraction of sp³-hybridized carbons (Fsp3) is 0.444. The molecule has 11 heavy (non-hydrogen) atoms. The molecule has 62 valence electrons. The molecule has 1 N–H and O–H groups in total. The number of carbonyl (C=O) groups is 1. The zero-order valence-electron chi connectivity index (χ0n) is 7.29. The van der Waals surface area contributed by atoms with Crippen molar-refractivity contribution in [3.63, 3.8) is 0 Å². The molecule has 0 aliphatic carbocycles. The van der Waals surface area contributed by atoms with Gasteiger partial charge in [0.15, 0.2) is 5.78 Å². The molecule has 0 aliphatic rings. The Morgan fingerprint density at radius 1 is 1.45 bits per heavy atom. The summed E-state index contributed by atoms with van der Waals surface area (Å²) in [5, 5.41) is 3.05. The summed E-state index contributed by atoms with van der Waals surface area (Å²) in [6, 6.07) is 0.353. The van der Waals surface area contributed by atoms with E-state index >= 15 is 0 Å². The topological polar surface area (TPSA) is 29.1 Å². The van der Waals surface area contributed by atoms with Crippen LogP contribution in [0, 0.1) is 0 Å². The van der Waals surface area contributed by atoms with Gasteiger partial charge in [0.05, 0.1) is 0 Å². The van der Waals surface area contributed by atoms with Crippen LogP contribution in [-0.4, -0.2) is 18.9 Å². The summed E-state index contributed by atoms with van der Waals surface area (Å²) in [6.07, 6.45) is 7.14. The maximum absolute atomic E-state index is 10.4. The molecule has 0 heterocycles. The highest BCUT2D eigenvalue weighted by atomic mass is 16.1. The van der Waals surface area contributed by atoms with E-state index in [1.165, 1.54) is 6.92 Å². The molecule has 1 atom stereocenters. The molecular weight excluding hydrogens is 138 g/mol. The number of allylic oxidation sites excluding steroid dienone is 3. The van der Waals surface area contributed by atoms with Gasteiger partial charge in [0.2, 0.25) is 0 Å². The second-order valence-electron chi connectivity index (χ2n) is 2.43. The molecule has 0 rings (SSSR count). The number of hydrogen-bond acceptors (Lipinski definition) is 2. The molecule has 2 heteroatoms. The van der Waals surface area contributed by atoms with Crippen LogP contribution in [0.2, 0.25) is 0 Å². The molecule has 0 amide bonds. The van der Waals surface area contributed by atoms with Gasteiger partial charge in [-0.25, -0.2) is 0 Å². The van der Waals surface area contributed by atoms with Crippen LogP contribution in [0.25, 0.3) is 0 Å². The lowest BCUT2D eigenvalue weighted by Crippen LogP contribution is -2.17. The lowest BCUT2D eigenvalue weighted by Gasteiger charge is -1.99. The van der Waals surface area contributed by atoms with E-state index < -0.39 is 0 Å². The second-order valence-corrected chi connectivity index (χ2v) is 2.43. The van der Waals surface area contributed by atoms with Gasteiger partial charge in [0.1, 0.15) is 0 Å². The molecule has 0 radical (unpaired) electrons. The largest absolute Gasteiger partial charge is 0.314 e. The van der Waals surface area contributed by atoms with Crippen molar-refractivity contribution in [3.05, 3.63) is 24.3 Å². The molecule has 0 saturated carbocycles. The average Bonchev–Trinajstić information content (AvgIpc) is 1.97. The lowest BCUT2D eigenvalue weighted by molar-refractivity contribution is -0.112. The van der Waals surface area contributed by atoms with E-state index in [0.29, 0.717) is 6.04 Å². The highest BCUT2D eigenvalue weighted by molar-refractivity contribution is 5.87. The van der Waals surface area contributed by atoms with E-state index in [4.69, 9.17) is 0 Å². The smallest absolute Gasteiger partial charge is 0.152 e. The molecule has 0 saturated heterocycles. The van der Waals surface area contributed by atoms with Gasteiger partial charge in [-0.1, -0.05) is 18.2 Å². The van der Waals surface area contributed by atoms with Gasteiger partial charge in [0, 0.05) is 6.04 Å². The molecule has 0 aliphatic heterocycles. The summed E-state index contributed by atoms with van der Waals surface area (Å²) in [5.41, 5.74) is 0. The average molecular weight is 153 g/mol. The Labute approximate surface area is 68.0 Å². The van der Waals surface area contributed by atoms with E-state index in [2.05, 4.69) is 5.32 Å². The third-order valence-corrected chi connectivity index (χ3v) is 1.30. The highest BCUT2D eigenvalue weighted by Crippen LogP contribution is 1.84. The first kappa shape index (κ1) is 10.1. The SMILES string of the molecule is CNC(C)/C=C/C=C/C(C)=O. The Bertz CT molecular complexity index is 170. The van der Waals surface area contributed by atoms with Gasteiger partial charge in [0.25, 0.3) is 0 Å². The summed E-state index contributed by atoms with van der Waals surface area (Å²) in [5.74, 6) is 0.0757. The van der Waals surface area contributed by atoms with Crippen LogP contribution in [0.1, 0.15) is 13.8 Å². The fourth-order valence-corrected chi connectivity index (χ4v) is 0.518. The van der Waals surface area contributed by atoms with Gasteiger partial charge < -0.3 is 5.32 Å². The Morgan fingerprint density at radius 2 is 2.09 bits per heavy atom. The number of ketones is 1. The van der Waals surface area contributed by atoms with Crippen molar-refractivity contribution in [2.24, 2.45) is 0 Å². The van der Waals surface area contributed by atoms with Crippen LogP contribution < -0.4 is 5.32 Å². The summed E-state index contributed by atoms with van der Waals surface area (Å²) in [7, 11) is 1.89.